The molecule has 0 saturated carbocycles. The lowest BCUT2D eigenvalue weighted by atomic mass is 10.3. The van der Waals surface area contributed by atoms with E-state index < -0.39 is 12.8 Å². The van der Waals surface area contributed by atoms with E-state index in [2.05, 4.69) is 24.9 Å². The minimum absolute atomic E-state index is 0. The van der Waals surface area contributed by atoms with E-state index in [-0.39, 0.29) is 29.9 Å². The molecule has 0 aliphatic carbocycles. The first kappa shape index (κ1) is 20.8. The number of nitrogens with zero attached hydrogens (tertiary/aromatic N) is 3. The van der Waals surface area contributed by atoms with E-state index in [0.717, 1.165) is 44.0 Å². The predicted octanol–water partition coefficient (Wildman–Crippen LogP) is 3.20. The molecular formula is C15H22F3IN4O. The largest absolute Gasteiger partial charge is 0.468 e. The van der Waals surface area contributed by atoms with Gasteiger partial charge >= 0.3 is 6.18 Å². The molecule has 1 aliphatic heterocycles. The molecule has 1 aromatic heterocycles. The highest BCUT2D eigenvalue weighted by molar-refractivity contribution is 14.0. The van der Waals surface area contributed by atoms with Gasteiger partial charge in [0.15, 0.2) is 12.6 Å². The molecule has 2 heterocycles. The molecule has 0 bridgehead atoms. The van der Waals surface area contributed by atoms with Gasteiger partial charge in [-0.05, 0) is 25.3 Å². The molecule has 1 N–H and O–H groups in total. The standard InChI is InChI=1S/C15H21F3N4O.HI/c1-2-19-14(22-7-3-4-8-22)21-10-12-5-6-13(20-9-12)23-11-15(16,17)18;/h5-6,9H,2-4,7-8,10-11H2,1H3,(H,19,21);1H. The van der Waals surface area contributed by atoms with Gasteiger partial charge in [-0.2, -0.15) is 13.2 Å². The third-order valence-electron chi connectivity index (χ3n) is 3.33. The lowest BCUT2D eigenvalue weighted by molar-refractivity contribution is -0.154. The number of hydrogen-bond acceptors (Lipinski definition) is 3. The zero-order valence-corrected chi connectivity index (χ0v) is 15.8. The monoisotopic (exact) mass is 458 g/mol. The van der Waals surface area contributed by atoms with Crippen molar-refractivity contribution >= 4 is 29.9 Å². The Morgan fingerprint density at radius 3 is 2.58 bits per heavy atom. The molecular weight excluding hydrogens is 436 g/mol. The minimum Gasteiger partial charge on any atom is -0.468 e. The molecule has 0 atom stereocenters. The van der Waals surface area contributed by atoms with Crippen LogP contribution >= 0.6 is 24.0 Å². The van der Waals surface area contributed by atoms with Crippen molar-refractivity contribution < 1.29 is 17.9 Å². The van der Waals surface area contributed by atoms with Crippen LogP contribution in [0.3, 0.4) is 0 Å². The van der Waals surface area contributed by atoms with Gasteiger partial charge in [0, 0.05) is 31.9 Å². The van der Waals surface area contributed by atoms with Crippen LogP contribution in [0.2, 0.25) is 0 Å². The van der Waals surface area contributed by atoms with Crippen molar-refractivity contribution in [3.05, 3.63) is 23.9 Å². The number of alkyl halides is 3. The average molecular weight is 458 g/mol. The number of aromatic nitrogens is 1. The number of guanidine groups is 1. The number of aliphatic imine (C=N–C) groups is 1. The summed E-state index contributed by atoms with van der Waals surface area (Å²) in [6.45, 7) is 3.88. The van der Waals surface area contributed by atoms with E-state index in [1.807, 2.05) is 6.92 Å². The second-order valence-electron chi connectivity index (χ2n) is 5.27. The lowest BCUT2D eigenvalue weighted by Crippen LogP contribution is -2.39. The van der Waals surface area contributed by atoms with Crippen molar-refractivity contribution in [3.8, 4) is 5.88 Å². The Kier molecular flexibility index (Phi) is 8.57. The Morgan fingerprint density at radius 1 is 1.33 bits per heavy atom. The van der Waals surface area contributed by atoms with Crippen LogP contribution in [-0.4, -0.2) is 48.3 Å². The van der Waals surface area contributed by atoms with Crippen molar-refractivity contribution in [2.24, 2.45) is 4.99 Å². The summed E-state index contributed by atoms with van der Waals surface area (Å²) in [6.07, 6.45) is -0.543. The van der Waals surface area contributed by atoms with E-state index in [1.54, 1.807) is 6.07 Å². The fourth-order valence-corrected chi connectivity index (χ4v) is 2.27. The van der Waals surface area contributed by atoms with Crippen LogP contribution in [0.1, 0.15) is 25.3 Å². The van der Waals surface area contributed by atoms with Crippen LogP contribution in [0.5, 0.6) is 5.88 Å². The van der Waals surface area contributed by atoms with Crippen LogP contribution in [0.4, 0.5) is 13.2 Å². The van der Waals surface area contributed by atoms with Gasteiger partial charge in [0.05, 0.1) is 6.54 Å². The highest BCUT2D eigenvalue weighted by atomic mass is 127. The second kappa shape index (κ2) is 9.90. The topological polar surface area (TPSA) is 49.8 Å². The van der Waals surface area contributed by atoms with Crippen molar-refractivity contribution in [1.29, 1.82) is 0 Å². The summed E-state index contributed by atoms with van der Waals surface area (Å²) in [4.78, 5) is 10.6. The van der Waals surface area contributed by atoms with Gasteiger partial charge in [-0.1, -0.05) is 6.07 Å². The maximum atomic E-state index is 12.1. The van der Waals surface area contributed by atoms with Gasteiger partial charge in [-0.3, -0.25) is 0 Å². The maximum Gasteiger partial charge on any atom is 0.422 e. The normalized spacial score (nSPS) is 15.2. The van der Waals surface area contributed by atoms with Crippen molar-refractivity contribution in [1.82, 2.24) is 15.2 Å². The fourth-order valence-electron chi connectivity index (χ4n) is 2.27. The molecule has 0 radical (unpaired) electrons. The van der Waals surface area contributed by atoms with Gasteiger partial charge < -0.3 is 15.0 Å². The highest BCUT2D eigenvalue weighted by Crippen LogP contribution is 2.17. The number of hydrogen-bond donors (Lipinski definition) is 1. The predicted molar refractivity (Wildman–Crippen MR) is 96.8 cm³/mol. The van der Waals surface area contributed by atoms with Gasteiger partial charge in [0.2, 0.25) is 5.88 Å². The molecule has 1 fully saturated rings. The summed E-state index contributed by atoms with van der Waals surface area (Å²) in [5, 5.41) is 3.25. The van der Waals surface area contributed by atoms with Crippen molar-refractivity contribution in [2.75, 3.05) is 26.2 Å². The van der Waals surface area contributed by atoms with Crippen LogP contribution in [-0.2, 0) is 6.54 Å². The summed E-state index contributed by atoms with van der Waals surface area (Å²) in [5.74, 6) is 0.823. The van der Waals surface area contributed by atoms with E-state index in [1.165, 1.54) is 12.3 Å². The first-order chi connectivity index (χ1) is 11.0. The van der Waals surface area contributed by atoms with Gasteiger partial charge in [0.1, 0.15) is 0 Å². The number of nitrogens with one attached hydrogen (secondary N) is 1. The molecule has 5 nitrogen and oxygen atoms in total. The van der Waals surface area contributed by atoms with Gasteiger partial charge in [-0.25, -0.2) is 9.98 Å². The summed E-state index contributed by atoms with van der Waals surface area (Å²) in [6, 6.07) is 3.11. The number of likely N-dealkylation sites (tertiary alicyclic amines) is 1. The maximum absolute atomic E-state index is 12.1. The van der Waals surface area contributed by atoms with Crippen LogP contribution < -0.4 is 10.1 Å². The quantitative estimate of drug-likeness (QED) is 0.419. The van der Waals surface area contributed by atoms with Crippen LogP contribution in [0.15, 0.2) is 23.3 Å². The first-order valence-electron chi connectivity index (χ1n) is 7.65. The first-order valence-corrected chi connectivity index (χ1v) is 7.65. The molecule has 1 saturated heterocycles. The second-order valence-corrected chi connectivity index (χ2v) is 5.27. The molecule has 0 unspecified atom stereocenters. The van der Waals surface area contributed by atoms with Crippen molar-refractivity contribution in [3.63, 3.8) is 0 Å². The molecule has 0 amide bonds. The number of rotatable bonds is 5. The Hall–Kier alpha value is -1.26. The van der Waals surface area contributed by atoms with E-state index in [9.17, 15) is 13.2 Å². The zero-order valence-electron chi connectivity index (χ0n) is 13.5. The third-order valence-corrected chi connectivity index (χ3v) is 3.33. The van der Waals surface area contributed by atoms with Crippen LogP contribution in [0.25, 0.3) is 0 Å². The van der Waals surface area contributed by atoms with E-state index >= 15 is 0 Å². The summed E-state index contributed by atoms with van der Waals surface area (Å²) in [5.41, 5.74) is 0.818. The highest BCUT2D eigenvalue weighted by Gasteiger charge is 2.28. The summed E-state index contributed by atoms with van der Waals surface area (Å²) >= 11 is 0. The smallest absolute Gasteiger partial charge is 0.422 e. The van der Waals surface area contributed by atoms with E-state index in [0.29, 0.717) is 6.54 Å². The molecule has 0 aromatic carbocycles. The lowest BCUT2D eigenvalue weighted by Gasteiger charge is -2.20. The molecule has 1 aliphatic rings. The van der Waals surface area contributed by atoms with Crippen molar-refractivity contribution in [2.45, 2.75) is 32.5 Å². The Balaban J connectivity index is 0.00000288. The summed E-state index contributed by atoms with van der Waals surface area (Å²) in [7, 11) is 0. The zero-order chi connectivity index (χ0) is 16.7. The van der Waals surface area contributed by atoms with Crippen LogP contribution in [0, 0.1) is 0 Å². The number of ether oxygens (including phenoxy) is 1. The minimum atomic E-state index is -4.36. The molecule has 9 heteroatoms. The van der Waals surface area contributed by atoms with E-state index in [4.69, 9.17) is 0 Å². The number of pyridine rings is 1. The summed E-state index contributed by atoms with van der Waals surface area (Å²) < 4.78 is 40.8. The van der Waals surface area contributed by atoms with Gasteiger partial charge in [-0.15, -0.1) is 24.0 Å². The molecule has 0 spiro atoms. The Morgan fingerprint density at radius 2 is 2.04 bits per heavy atom. The third kappa shape index (κ3) is 7.10. The molecule has 2 rings (SSSR count). The SMILES string of the molecule is CCNC(=NCc1ccc(OCC(F)(F)F)nc1)N1CCCC1.I. The fraction of sp³-hybridized carbons (Fsp3) is 0.600. The Bertz CT molecular complexity index is 516. The molecule has 24 heavy (non-hydrogen) atoms. The molecule has 1 aromatic rings. The number of halogens is 4. The molecule has 136 valence electrons. The Labute approximate surface area is 156 Å². The average Bonchev–Trinajstić information content (AvgIpc) is 3.04. The van der Waals surface area contributed by atoms with Gasteiger partial charge in [0.25, 0.3) is 0 Å².